The number of aliphatic hydroxyl groups excluding tert-OH is 1. The first-order chi connectivity index (χ1) is 6.95. The van der Waals surface area contributed by atoms with Crippen molar-refractivity contribution in [1.29, 1.82) is 0 Å². The Balaban J connectivity index is 2.87. The van der Waals surface area contributed by atoms with Crippen LogP contribution >= 0.6 is 0 Å². The number of aliphatic hydroxyl groups is 1. The van der Waals surface area contributed by atoms with Gasteiger partial charge in [0.15, 0.2) is 0 Å². The molecule has 80 valence electrons. The zero-order chi connectivity index (χ0) is 11.5. The quantitative estimate of drug-likeness (QED) is 0.589. The van der Waals surface area contributed by atoms with Crippen LogP contribution in [0.1, 0.15) is 18.1 Å². The van der Waals surface area contributed by atoms with E-state index in [0.29, 0.717) is 6.42 Å². The molecule has 1 aromatic carbocycles. The highest BCUT2D eigenvalue weighted by Crippen LogP contribution is 2.21. The number of quaternary nitrogens is 1. The van der Waals surface area contributed by atoms with E-state index in [1.165, 1.54) is 5.69 Å². The Morgan fingerprint density at radius 3 is 2.20 bits per heavy atom. The number of hydrogen-bond acceptors (Lipinski definition) is 1. The molecule has 1 unspecified atom stereocenters. The van der Waals surface area contributed by atoms with E-state index in [-0.39, 0.29) is 0 Å². The van der Waals surface area contributed by atoms with Crippen molar-refractivity contribution >= 4 is 5.69 Å². The molecule has 0 aliphatic carbocycles. The first-order valence-electron chi connectivity index (χ1n) is 4.98. The lowest BCUT2D eigenvalue weighted by Gasteiger charge is -2.23. The lowest BCUT2D eigenvalue weighted by atomic mass is 10.1. The van der Waals surface area contributed by atoms with E-state index in [4.69, 9.17) is 6.42 Å². The minimum atomic E-state index is -0.545. The fourth-order valence-corrected chi connectivity index (χ4v) is 1.37. The SMILES string of the molecule is C#CCC(O)c1ccc([N+](C)(C)C)cc1. The predicted octanol–water partition coefficient (Wildman–Crippen LogP) is 1.94. The fourth-order valence-electron chi connectivity index (χ4n) is 1.37. The van der Waals surface area contributed by atoms with Crippen LogP contribution in [0.15, 0.2) is 24.3 Å². The summed E-state index contributed by atoms with van der Waals surface area (Å²) in [7, 11) is 6.31. The summed E-state index contributed by atoms with van der Waals surface area (Å²) in [4.78, 5) is 0. The van der Waals surface area contributed by atoms with E-state index in [1.54, 1.807) is 0 Å². The molecule has 0 bridgehead atoms. The molecule has 0 saturated carbocycles. The maximum absolute atomic E-state index is 9.67. The lowest BCUT2D eigenvalue weighted by molar-refractivity contribution is 0.184. The molecule has 15 heavy (non-hydrogen) atoms. The van der Waals surface area contributed by atoms with E-state index in [0.717, 1.165) is 10.0 Å². The molecule has 0 saturated heterocycles. The summed E-state index contributed by atoms with van der Waals surface area (Å²) in [5, 5.41) is 9.67. The summed E-state index contributed by atoms with van der Waals surface area (Å²) in [5.41, 5.74) is 2.08. The van der Waals surface area contributed by atoms with Crippen LogP contribution < -0.4 is 4.48 Å². The Morgan fingerprint density at radius 2 is 1.80 bits per heavy atom. The summed E-state index contributed by atoms with van der Waals surface area (Å²) in [5.74, 6) is 2.46. The Kier molecular flexibility index (Phi) is 3.52. The van der Waals surface area contributed by atoms with Gasteiger partial charge in [-0.2, -0.15) is 0 Å². The second-order valence-corrected chi connectivity index (χ2v) is 4.53. The summed E-state index contributed by atoms with van der Waals surface area (Å²) < 4.78 is 0.769. The summed E-state index contributed by atoms with van der Waals surface area (Å²) in [6, 6.07) is 7.91. The fraction of sp³-hybridized carbons (Fsp3) is 0.385. The molecule has 0 heterocycles. The maximum atomic E-state index is 9.67. The summed E-state index contributed by atoms with van der Waals surface area (Å²) in [6.45, 7) is 0. The van der Waals surface area contributed by atoms with Crippen molar-refractivity contribution in [2.24, 2.45) is 0 Å². The van der Waals surface area contributed by atoms with Crippen molar-refractivity contribution in [2.75, 3.05) is 21.1 Å². The summed E-state index contributed by atoms with van der Waals surface area (Å²) in [6.07, 6.45) is 4.97. The average Bonchev–Trinajstić information content (AvgIpc) is 2.17. The van der Waals surface area contributed by atoms with Crippen molar-refractivity contribution in [3.05, 3.63) is 29.8 Å². The largest absolute Gasteiger partial charge is 0.387 e. The van der Waals surface area contributed by atoms with Crippen LogP contribution in [0.4, 0.5) is 5.69 Å². The van der Waals surface area contributed by atoms with Crippen molar-refractivity contribution in [3.63, 3.8) is 0 Å². The van der Waals surface area contributed by atoms with Crippen LogP contribution in [-0.4, -0.2) is 26.2 Å². The van der Waals surface area contributed by atoms with E-state index < -0.39 is 6.10 Å². The molecule has 1 N–H and O–H groups in total. The normalized spacial score (nSPS) is 13.3. The van der Waals surface area contributed by atoms with Gasteiger partial charge >= 0.3 is 0 Å². The van der Waals surface area contributed by atoms with Crippen LogP contribution in [0.25, 0.3) is 0 Å². The van der Waals surface area contributed by atoms with Gasteiger partial charge in [0.1, 0.15) is 5.69 Å². The van der Waals surface area contributed by atoms with Crippen LogP contribution in [-0.2, 0) is 0 Å². The number of rotatable bonds is 3. The number of terminal acetylenes is 1. The third-order valence-electron chi connectivity index (χ3n) is 2.36. The van der Waals surface area contributed by atoms with E-state index in [2.05, 4.69) is 27.1 Å². The van der Waals surface area contributed by atoms with Gasteiger partial charge in [0.05, 0.1) is 27.2 Å². The van der Waals surface area contributed by atoms with Gasteiger partial charge in [0, 0.05) is 6.42 Å². The molecule has 1 rings (SSSR count). The third kappa shape index (κ3) is 3.09. The Labute approximate surface area is 91.7 Å². The molecule has 0 aromatic heterocycles. The van der Waals surface area contributed by atoms with Crippen LogP contribution in [0.5, 0.6) is 0 Å². The highest BCUT2D eigenvalue weighted by molar-refractivity contribution is 5.43. The molecule has 0 spiro atoms. The zero-order valence-electron chi connectivity index (χ0n) is 9.57. The second kappa shape index (κ2) is 4.48. The minimum Gasteiger partial charge on any atom is -0.387 e. The van der Waals surface area contributed by atoms with E-state index >= 15 is 0 Å². The van der Waals surface area contributed by atoms with Crippen molar-refractivity contribution in [1.82, 2.24) is 4.48 Å². The Morgan fingerprint density at radius 1 is 1.27 bits per heavy atom. The minimum absolute atomic E-state index is 0.365. The monoisotopic (exact) mass is 204 g/mol. The average molecular weight is 204 g/mol. The number of nitrogens with zero attached hydrogens (tertiary/aromatic N) is 1. The standard InChI is InChI=1S/C13H18NO/c1-5-6-13(15)11-7-9-12(10-8-11)14(2,3)4/h1,7-10,13,15H,6H2,2-4H3/q+1. The molecule has 1 atom stereocenters. The molecule has 2 heteroatoms. The van der Waals surface area contributed by atoms with Crippen molar-refractivity contribution in [2.45, 2.75) is 12.5 Å². The molecular formula is C13H18NO+. The number of hydrogen-bond donors (Lipinski definition) is 1. The predicted molar refractivity (Wildman–Crippen MR) is 64.4 cm³/mol. The first kappa shape index (κ1) is 11.8. The molecule has 0 radical (unpaired) electrons. The Hall–Kier alpha value is -1.30. The highest BCUT2D eigenvalue weighted by atomic mass is 16.3. The molecule has 0 aliphatic rings. The molecule has 1 aromatic rings. The lowest BCUT2D eigenvalue weighted by Crippen LogP contribution is -2.34. The maximum Gasteiger partial charge on any atom is 0.132 e. The second-order valence-electron chi connectivity index (χ2n) is 4.53. The van der Waals surface area contributed by atoms with Crippen LogP contribution in [0.2, 0.25) is 0 Å². The topological polar surface area (TPSA) is 20.2 Å². The Bertz CT molecular complexity index is 354. The van der Waals surface area contributed by atoms with Gasteiger partial charge in [-0.1, -0.05) is 12.1 Å². The third-order valence-corrected chi connectivity index (χ3v) is 2.36. The molecule has 0 amide bonds. The van der Waals surface area contributed by atoms with E-state index in [1.807, 2.05) is 24.3 Å². The van der Waals surface area contributed by atoms with Gasteiger partial charge in [0.25, 0.3) is 0 Å². The van der Waals surface area contributed by atoms with Crippen LogP contribution in [0, 0.1) is 12.3 Å². The van der Waals surface area contributed by atoms with Gasteiger partial charge in [-0.15, -0.1) is 12.3 Å². The van der Waals surface area contributed by atoms with Gasteiger partial charge in [-0.25, -0.2) is 0 Å². The van der Waals surface area contributed by atoms with Crippen LogP contribution in [0.3, 0.4) is 0 Å². The molecule has 0 fully saturated rings. The highest BCUT2D eigenvalue weighted by Gasteiger charge is 2.12. The van der Waals surface area contributed by atoms with Gasteiger partial charge in [0.2, 0.25) is 0 Å². The molecule has 0 aliphatic heterocycles. The molecular weight excluding hydrogens is 186 g/mol. The smallest absolute Gasteiger partial charge is 0.132 e. The molecule has 2 nitrogen and oxygen atoms in total. The van der Waals surface area contributed by atoms with Gasteiger partial charge in [-0.05, 0) is 17.7 Å². The zero-order valence-corrected chi connectivity index (χ0v) is 9.57. The van der Waals surface area contributed by atoms with Gasteiger partial charge in [-0.3, -0.25) is 4.48 Å². The van der Waals surface area contributed by atoms with Crippen molar-refractivity contribution in [3.8, 4) is 12.3 Å². The summed E-state index contributed by atoms with van der Waals surface area (Å²) >= 11 is 0. The van der Waals surface area contributed by atoms with Gasteiger partial charge < -0.3 is 5.11 Å². The first-order valence-corrected chi connectivity index (χ1v) is 4.98. The number of benzene rings is 1. The van der Waals surface area contributed by atoms with E-state index in [9.17, 15) is 5.11 Å². The van der Waals surface area contributed by atoms with Crippen molar-refractivity contribution < 1.29 is 5.11 Å².